The number of anilines is 2. The van der Waals surface area contributed by atoms with Crippen molar-refractivity contribution in [1.29, 1.82) is 0 Å². The van der Waals surface area contributed by atoms with E-state index in [0.717, 1.165) is 13.1 Å². The Bertz CT molecular complexity index is 703. The molecule has 23 heavy (non-hydrogen) atoms. The van der Waals surface area contributed by atoms with Crippen molar-refractivity contribution in [2.24, 2.45) is 0 Å². The quantitative estimate of drug-likeness (QED) is 0.873. The van der Waals surface area contributed by atoms with Crippen LogP contribution in [0.3, 0.4) is 0 Å². The lowest BCUT2D eigenvalue weighted by molar-refractivity contribution is 0.0603. The molecule has 1 N–H and O–H groups in total. The smallest absolute Gasteiger partial charge is 0.348 e. The van der Waals surface area contributed by atoms with Crippen molar-refractivity contribution in [3.63, 3.8) is 0 Å². The van der Waals surface area contributed by atoms with E-state index in [0.29, 0.717) is 16.1 Å². The molecule has 1 aliphatic heterocycles. The van der Waals surface area contributed by atoms with Gasteiger partial charge in [0.05, 0.1) is 12.7 Å². The summed E-state index contributed by atoms with van der Waals surface area (Å²) in [5, 5.41) is 4.53. The molecule has 0 aliphatic carbocycles. The second-order valence-corrected chi connectivity index (χ2v) is 6.27. The number of carbonyl (C=O) groups excluding carboxylic acids is 2. The van der Waals surface area contributed by atoms with Crippen LogP contribution in [0.15, 0.2) is 35.7 Å². The zero-order valence-electron chi connectivity index (χ0n) is 12.9. The molecule has 1 aliphatic rings. The van der Waals surface area contributed by atoms with Crippen molar-refractivity contribution in [2.75, 3.05) is 30.4 Å². The first-order chi connectivity index (χ1) is 11.2. The van der Waals surface area contributed by atoms with Gasteiger partial charge in [0.25, 0.3) is 5.91 Å². The van der Waals surface area contributed by atoms with Gasteiger partial charge in [-0.1, -0.05) is 0 Å². The molecule has 1 amide bonds. The number of amides is 1. The number of nitrogens with zero attached hydrogens (tertiary/aromatic N) is 1. The van der Waals surface area contributed by atoms with Crippen molar-refractivity contribution in [3.05, 3.63) is 46.2 Å². The summed E-state index contributed by atoms with van der Waals surface area (Å²) in [4.78, 5) is 26.6. The first kappa shape index (κ1) is 15.6. The average Bonchev–Trinajstić information content (AvgIpc) is 3.26. The average molecular weight is 330 g/mol. The largest absolute Gasteiger partial charge is 0.465 e. The number of rotatable bonds is 4. The predicted molar refractivity (Wildman–Crippen MR) is 91.5 cm³/mol. The summed E-state index contributed by atoms with van der Waals surface area (Å²) in [6, 6.07) is 9.42. The number of ether oxygens (including phenoxy) is 1. The summed E-state index contributed by atoms with van der Waals surface area (Å²) in [6.45, 7) is 2.17. The van der Waals surface area contributed by atoms with Gasteiger partial charge in [0, 0.05) is 24.5 Å². The lowest BCUT2D eigenvalue weighted by Gasteiger charge is -2.17. The van der Waals surface area contributed by atoms with Crippen LogP contribution in [-0.4, -0.2) is 32.1 Å². The molecule has 2 heterocycles. The fraction of sp³-hybridized carbons (Fsp3) is 0.294. The second kappa shape index (κ2) is 6.83. The number of methoxy groups -OCH3 is 1. The summed E-state index contributed by atoms with van der Waals surface area (Å²) < 4.78 is 4.69. The van der Waals surface area contributed by atoms with Gasteiger partial charge < -0.3 is 15.0 Å². The molecule has 1 fully saturated rings. The molecule has 1 saturated heterocycles. The van der Waals surface area contributed by atoms with Crippen molar-refractivity contribution in [2.45, 2.75) is 12.8 Å². The van der Waals surface area contributed by atoms with E-state index in [4.69, 9.17) is 4.74 Å². The van der Waals surface area contributed by atoms with Crippen LogP contribution in [0.4, 0.5) is 11.4 Å². The lowest BCUT2D eigenvalue weighted by atomic mass is 10.2. The summed E-state index contributed by atoms with van der Waals surface area (Å²) in [5.74, 6) is -0.796. The van der Waals surface area contributed by atoms with Crippen LogP contribution in [-0.2, 0) is 4.74 Å². The molecule has 0 unspecified atom stereocenters. The Labute approximate surface area is 138 Å². The minimum atomic E-state index is -0.491. The summed E-state index contributed by atoms with van der Waals surface area (Å²) in [5.41, 5.74) is 2.22. The van der Waals surface area contributed by atoms with E-state index >= 15 is 0 Å². The zero-order valence-corrected chi connectivity index (χ0v) is 13.7. The Balaban J connectivity index is 1.70. The van der Waals surface area contributed by atoms with Gasteiger partial charge in [0.1, 0.15) is 4.88 Å². The summed E-state index contributed by atoms with van der Waals surface area (Å²) in [6.07, 6.45) is 2.46. The van der Waals surface area contributed by atoms with Gasteiger partial charge in [-0.3, -0.25) is 4.79 Å². The summed E-state index contributed by atoms with van der Waals surface area (Å²) >= 11 is 1.20. The van der Waals surface area contributed by atoms with Crippen LogP contribution < -0.4 is 10.2 Å². The van der Waals surface area contributed by atoms with Crippen LogP contribution in [0.2, 0.25) is 0 Å². The third-order valence-electron chi connectivity index (χ3n) is 3.88. The van der Waals surface area contributed by atoms with Crippen LogP contribution in [0.1, 0.15) is 32.9 Å². The maximum atomic E-state index is 12.3. The molecule has 6 heteroatoms. The summed E-state index contributed by atoms with van der Waals surface area (Å²) in [7, 11) is 1.31. The van der Waals surface area contributed by atoms with Gasteiger partial charge in [0.2, 0.25) is 0 Å². The highest BCUT2D eigenvalue weighted by Gasteiger charge is 2.19. The normalized spacial score (nSPS) is 13.9. The molecular weight excluding hydrogens is 312 g/mol. The Morgan fingerprint density at radius 1 is 1.13 bits per heavy atom. The van der Waals surface area contributed by atoms with Gasteiger partial charge in [-0.25, -0.2) is 4.79 Å². The maximum absolute atomic E-state index is 12.3. The number of esters is 1. The van der Waals surface area contributed by atoms with Gasteiger partial charge in [-0.15, -0.1) is 11.3 Å². The van der Waals surface area contributed by atoms with E-state index in [1.54, 1.807) is 11.4 Å². The third kappa shape index (κ3) is 3.37. The van der Waals surface area contributed by atoms with Gasteiger partial charge in [-0.2, -0.15) is 0 Å². The van der Waals surface area contributed by atoms with Crippen molar-refractivity contribution in [1.82, 2.24) is 0 Å². The molecule has 0 bridgehead atoms. The highest BCUT2D eigenvalue weighted by molar-refractivity contribution is 7.12. The minimum absolute atomic E-state index is 0.305. The van der Waals surface area contributed by atoms with E-state index in [-0.39, 0.29) is 5.91 Å². The number of hydrogen-bond donors (Lipinski definition) is 1. The second-order valence-electron chi connectivity index (χ2n) is 5.35. The Hall–Kier alpha value is -2.34. The zero-order chi connectivity index (χ0) is 16.2. The molecule has 1 aromatic heterocycles. The number of hydrogen-bond acceptors (Lipinski definition) is 5. The number of thiophene rings is 1. The SMILES string of the molecule is COC(=O)c1sccc1C(=O)Nc1ccc(N2CCCC2)cc1. The number of benzene rings is 1. The molecule has 1 aromatic carbocycles. The van der Waals surface area contributed by atoms with Gasteiger partial charge in [-0.05, 0) is 48.6 Å². The standard InChI is InChI=1S/C17H18N2O3S/c1-22-17(21)15-14(8-11-23-15)16(20)18-12-4-6-13(7-5-12)19-9-2-3-10-19/h4-8,11H,2-3,9-10H2,1H3,(H,18,20). The molecule has 0 spiro atoms. The number of nitrogens with one attached hydrogen (secondary N) is 1. The maximum Gasteiger partial charge on any atom is 0.348 e. The third-order valence-corrected chi connectivity index (χ3v) is 4.77. The lowest BCUT2D eigenvalue weighted by Crippen LogP contribution is -2.18. The monoisotopic (exact) mass is 330 g/mol. The molecule has 0 radical (unpaired) electrons. The highest BCUT2D eigenvalue weighted by atomic mass is 32.1. The predicted octanol–water partition coefficient (Wildman–Crippen LogP) is 3.39. The molecule has 120 valence electrons. The van der Waals surface area contributed by atoms with E-state index in [1.165, 1.54) is 37.0 Å². The van der Waals surface area contributed by atoms with E-state index in [9.17, 15) is 9.59 Å². The Kier molecular flexibility index (Phi) is 4.62. The molecule has 3 rings (SSSR count). The molecule has 5 nitrogen and oxygen atoms in total. The Morgan fingerprint density at radius 2 is 1.83 bits per heavy atom. The van der Waals surface area contributed by atoms with E-state index < -0.39 is 5.97 Å². The molecular formula is C17H18N2O3S. The number of carbonyl (C=O) groups is 2. The Morgan fingerprint density at radius 3 is 2.48 bits per heavy atom. The van der Waals surface area contributed by atoms with Crippen molar-refractivity contribution < 1.29 is 14.3 Å². The van der Waals surface area contributed by atoms with Crippen LogP contribution in [0, 0.1) is 0 Å². The molecule has 2 aromatic rings. The van der Waals surface area contributed by atoms with Gasteiger partial charge >= 0.3 is 5.97 Å². The van der Waals surface area contributed by atoms with Crippen molar-refractivity contribution >= 4 is 34.6 Å². The van der Waals surface area contributed by atoms with Crippen LogP contribution in [0.5, 0.6) is 0 Å². The van der Waals surface area contributed by atoms with Crippen LogP contribution in [0.25, 0.3) is 0 Å². The van der Waals surface area contributed by atoms with Gasteiger partial charge in [0.15, 0.2) is 0 Å². The van der Waals surface area contributed by atoms with E-state index in [1.807, 2.05) is 24.3 Å². The fourth-order valence-corrected chi connectivity index (χ4v) is 3.48. The van der Waals surface area contributed by atoms with Crippen molar-refractivity contribution in [3.8, 4) is 0 Å². The fourth-order valence-electron chi connectivity index (χ4n) is 2.67. The molecule has 0 atom stereocenters. The highest BCUT2D eigenvalue weighted by Crippen LogP contribution is 2.23. The first-order valence-electron chi connectivity index (χ1n) is 7.51. The molecule has 0 saturated carbocycles. The topological polar surface area (TPSA) is 58.6 Å². The van der Waals surface area contributed by atoms with E-state index in [2.05, 4.69) is 10.2 Å². The van der Waals surface area contributed by atoms with Crippen LogP contribution >= 0.6 is 11.3 Å². The first-order valence-corrected chi connectivity index (χ1v) is 8.39. The minimum Gasteiger partial charge on any atom is -0.465 e.